The Balaban J connectivity index is 1.09. The number of rotatable bonds is 4. The van der Waals surface area contributed by atoms with Gasteiger partial charge in [0.15, 0.2) is 0 Å². The number of hydrogen-bond acceptors (Lipinski definition) is 0. The monoisotopic (exact) mass is 582 g/mol. The van der Waals surface area contributed by atoms with Crippen molar-refractivity contribution in [3.8, 4) is 44.5 Å². The van der Waals surface area contributed by atoms with E-state index in [2.05, 4.69) is 182 Å². The maximum absolute atomic E-state index is 2.36. The molecule has 0 amide bonds. The molecule has 0 heteroatoms. The lowest BCUT2D eigenvalue weighted by molar-refractivity contribution is 1.61. The number of fused-ring (bicyclic) bond motifs is 5. The van der Waals surface area contributed by atoms with Crippen LogP contribution in [0.5, 0.6) is 0 Å². The molecule has 0 atom stereocenters. The van der Waals surface area contributed by atoms with Crippen molar-refractivity contribution in [2.24, 2.45) is 0 Å². The molecule has 0 heterocycles. The van der Waals surface area contributed by atoms with Gasteiger partial charge in [0.1, 0.15) is 0 Å². The van der Waals surface area contributed by atoms with Crippen molar-refractivity contribution in [2.75, 3.05) is 0 Å². The Kier molecular flexibility index (Phi) is 6.25. The molecular formula is C46H30. The summed E-state index contributed by atoms with van der Waals surface area (Å²) in [6.45, 7) is 0. The van der Waals surface area contributed by atoms with Crippen molar-refractivity contribution in [3.63, 3.8) is 0 Å². The SMILES string of the molecule is c1ccc(-c2cc3ccccc3c3ccccc23)c(-c2ccc3cc(-c4ccc(-c5cccc6ccccc56)cc4)ccc3c2)c1. The van der Waals surface area contributed by atoms with Crippen LogP contribution in [-0.4, -0.2) is 0 Å². The van der Waals surface area contributed by atoms with E-state index in [0.717, 1.165) is 0 Å². The van der Waals surface area contributed by atoms with E-state index >= 15 is 0 Å². The molecule has 0 nitrogen and oxygen atoms in total. The minimum atomic E-state index is 1.23. The molecule has 0 aromatic heterocycles. The standard InChI is InChI=1S/C46H30/c1-3-13-39-32(10-1)12-9-19-40(39)33-22-20-31(21-23-33)34-24-25-36-29-38(27-26-35(36)28-34)42-15-5-6-17-44(42)46-30-37-11-2-4-14-41(37)43-16-7-8-18-45(43)46/h1-30H. The van der Waals surface area contributed by atoms with Gasteiger partial charge in [-0.1, -0.05) is 164 Å². The summed E-state index contributed by atoms with van der Waals surface area (Å²) >= 11 is 0. The molecule has 9 rings (SSSR count). The van der Waals surface area contributed by atoms with E-state index in [-0.39, 0.29) is 0 Å². The van der Waals surface area contributed by atoms with E-state index in [1.54, 1.807) is 0 Å². The summed E-state index contributed by atoms with van der Waals surface area (Å²) in [5, 5.41) is 10.2. The molecule has 0 aliphatic heterocycles. The molecule has 214 valence electrons. The van der Waals surface area contributed by atoms with Crippen LogP contribution in [-0.2, 0) is 0 Å². The van der Waals surface area contributed by atoms with Gasteiger partial charge in [-0.15, -0.1) is 0 Å². The smallest absolute Gasteiger partial charge is 0.00928 e. The Labute approximate surface area is 268 Å². The van der Waals surface area contributed by atoms with Crippen LogP contribution >= 0.6 is 0 Å². The van der Waals surface area contributed by atoms with Crippen LogP contribution in [0.2, 0.25) is 0 Å². The highest BCUT2D eigenvalue weighted by atomic mass is 14.2. The molecule has 0 radical (unpaired) electrons. The maximum atomic E-state index is 2.36. The normalized spacial score (nSPS) is 11.5. The fourth-order valence-electron chi connectivity index (χ4n) is 7.16. The predicted molar refractivity (Wildman–Crippen MR) is 198 cm³/mol. The topological polar surface area (TPSA) is 0 Å². The number of hydrogen-bond donors (Lipinski definition) is 0. The van der Waals surface area contributed by atoms with Crippen molar-refractivity contribution < 1.29 is 0 Å². The molecule has 0 saturated carbocycles. The summed E-state index contributed by atoms with van der Waals surface area (Å²) in [4.78, 5) is 0. The van der Waals surface area contributed by atoms with Crippen LogP contribution in [0.25, 0.3) is 87.6 Å². The fraction of sp³-hybridized carbons (Fsp3) is 0. The van der Waals surface area contributed by atoms with Crippen LogP contribution in [0, 0.1) is 0 Å². The second-order valence-electron chi connectivity index (χ2n) is 12.1. The van der Waals surface area contributed by atoms with Crippen LogP contribution in [0.3, 0.4) is 0 Å². The first kappa shape index (κ1) is 26.4. The summed E-state index contributed by atoms with van der Waals surface area (Å²) in [7, 11) is 0. The van der Waals surface area contributed by atoms with Gasteiger partial charge in [-0.25, -0.2) is 0 Å². The second-order valence-corrected chi connectivity index (χ2v) is 12.1. The summed E-state index contributed by atoms with van der Waals surface area (Å²) in [6.07, 6.45) is 0. The third-order valence-electron chi connectivity index (χ3n) is 9.46. The van der Waals surface area contributed by atoms with Gasteiger partial charge in [0.05, 0.1) is 0 Å². The molecule has 0 aliphatic rings. The first-order chi connectivity index (χ1) is 22.8. The van der Waals surface area contributed by atoms with Crippen LogP contribution < -0.4 is 0 Å². The Bertz CT molecular complexity index is 2560. The van der Waals surface area contributed by atoms with Gasteiger partial charge in [0, 0.05) is 0 Å². The quantitative estimate of drug-likeness (QED) is 0.181. The summed E-state index contributed by atoms with van der Waals surface area (Å²) in [5.74, 6) is 0. The molecule has 46 heavy (non-hydrogen) atoms. The molecule has 0 unspecified atom stereocenters. The lowest BCUT2D eigenvalue weighted by Crippen LogP contribution is -1.89. The Morgan fingerprint density at radius 2 is 0.717 bits per heavy atom. The third kappa shape index (κ3) is 4.47. The average Bonchev–Trinajstić information content (AvgIpc) is 3.14. The largest absolute Gasteiger partial charge is 0.0616 e. The van der Waals surface area contributed by atoms with Gasteiger partial charge in [-0.3, -0.25) is 0 Å². The first-order valence-electron chi connectivity index (χ1n) is 15.9. The molecule has 0 saturated heterocycles. The summed E-state index contributed by atoms with van der Waals surface area (Å²) < 4.78 is 0. The highest BCUT2D eigenvalue weighted by Gasteiger charge is 2.13. The number of benzene rings is 9. The maximum Gasteiger partial charge on any atom is -0.00928 e. The van der Waals surface area contributed by atoms with Crippen molar-refractivity contribution in [2.45, 2.75) is 0 Å². The van der Waals surface area contributed by atoms with Crippen LogP contribution in [0.15, 0.2) is 182 Å². The summed E-state index contributed by atoms with van der Waals surface area (Å²) in [5.41, 5.74) is 9.97. The minimum Gasteiger partial charge on any atom is -0.0616 e. The molecule has 0 aliphatic carbocycles. The average molecular weight is 583 g/mol. The minimum absolute atomic E-state index is 1.23. The van der Waals surface area contributed by atoms with Crippen LogP contribution in [0.4, 0.5) is 0 Å². The van der Waals surface area contributed by atoms with Gasteiger partial charge in [-0.05, 0) is 106 Å². The molecule has 0 N–H and O–H groups in total. The molecule has 0 bridgehead atoms. The molecule has 0 spiro atoms. The van der Waals surface area contributed by atoms with E-state index in [9.17, 15) is 0 Å². The molecular weight excluding hydrogens is 553 g/mol. The lowest BCUT2D eigenvalue weighted by Gasteiger charge is -2.15. The van der Waals surface area contributed by atoms with E-state index in [4.69, 9.17) is 0 Å². The van der Waals surface area contributed by atoms with Gasteiger partial charge >= 0.3 is 0 Å². The second kappa shape index (κ2) is 10.9. The summed E-state index contributed by atoms with van der Waals surface area (Å²) in [6, 6.07) is 66.5. The van der Waals surface area contributed by atoms with E-state index < -0.39 is 0 Å². The van der Waals surface area contributed by atoms with Gasteiger partial charge in [0.2, 0.25) is 0 Å². The zero-order valence-corrected chi connectivity index (χ0v) is 25.3. The Hall–Kier alpha value is -5.98. The van der Waals surface area contributed by atoms with Crippen molar-refractivity contribution in [1.82, 2.24) is 0 Å². The Morgan fingerprint density at radius 1 is 0.196 bits per heavy atom. The molecule has 9 aromatic carbocycles. The Morgan fingerprint density at radius 3 is 1.52 bits per heavy atom. The highest BCUT2D eigenvalue weighted by Crippen LogP contribution is 2.40. The first-order valence-corrected chi connectivity index (χ1v) is 15.9. The van der Waals surface area contributed by atoms with Gasteiger partial charge < -0.3 is 0 Å². The van der Waals surface area contributed by atoms with Gasteiger partial charge in [0.25, 0.3) is 0 Å². The van der Waals surface area contributed by atoms with Crippen molar-refractivity contribution in [3.05, 3.63) is 182 Å². The highest BCUT2D eigenvalue weighted by molar-refractivity contribution is 6.15. The van der Waals surface area contributed by atoms with Crippen molar-refractivity contribution >= 4 is 43.1 Å². The van der Waals surface area contributed by atoms with E-state index in [0.29, 0.717) is 0 Å². The lowest BCUT2D eigenvalue weighted by atomic mass is 9.88. The third-order valence-corrected chi connectivity index (χ3v) is 9.46. The van der Waals surface area contributed by atoms with Crippen LogP contribution in [0.1, 0.15) is 0 Å². The molecule has 9 aromatic rings. The predicted octanol–water partition coefficient (Wildman–Crippen LogP) is 13.0. The fourth-order valence-corrected chi connectivity index (χ4v) is 7.16. The van der Waals surface area contributed by atoms with E-state index in [1.807, 2.05) is 0 Å². The van der Waals surface area contributed by atoms with Crippen molar-refractivity contribution in [1.29, 1.82) is 0 Å². The zero-order chi connectivity index (χ0) is 30.5. The zero-order valence-electron chi connectivity index (χ0n) is 25.3. The molecule has 0 fully saturated rings. The van der Waals surface area contributed by atoms with Gasteiger partial charge in [-0.2, -0.15) is 0 Å². The van der Waals surface area contributed by atoms with E-state index in [1.165, 1.54) is 87.6 Å².